The van der Waals surface area contributed by atoms with Crippen molar-refractivity contribution in [2.75, 3.05) is 0 Å². The number of aromatic nitrogens is 1. The van der Waals surface area contributed by atoms with Gasteiger partial charge in [-0.1, -0.05) is 18.2 Å². The number of nitrogens with zero attached hydrogens (tertiary/aromatic N) is 1. The standard InChI is InChI=1S/C16H13ClINO2/c1-2-19-13-7-6-11(9-14(13)21-16(19)20)15(17)10-4-3-5-12(18)8-10/h3-9,15H,2H2,1H3. The fourth-order valence-corrected chi connectivity index (χ4v) is 3.24. The molecule has 21 heavy (non-hydrogen) atoms. The summed E-state index contributed by atoms with van der Waals surface area (Å²) in [6, 6.07) is 13.7. The molecule has 5 heteroatoms. The van der Waals surface area contributed by atoms with Gasteiger partial charge in [0.2, 0.25) is 0 Å². The summed E-state index contributed by atoms with van der Waals surface area (Å²) in [5, 5.41) is -0.264. The van der Waals surface area contributed by atoms with E-state index in [-0.39, 0.29) is 11.1 Å². The van der Waals surface area contributed by atoms with Crippen LogP contribution in [0.25, 0.3) is 11.1 Å². The summed E-state index contributed by atoms with van der Waals surface area (Å²) in [5.41, 5.74) is 3.33. The first-order valence-electron chi connectivity index (χ1n) is 6.63. The topological polar surface area (TPSA) is 35.1 Å². The van der Waals surface area contributed by atoms with Gasteiger partial charge in [-0.15, -0.1) is 11.6 Å². The molecule has 0 saturated carbocycles. The highest BCUT2D eigenvalue weighted by Gasteiger charge is 2.14. The maximum absolute atomic E-state index is 11.7. The summed E-state index contributed by atoms with van der Waals surface area (Å²) in [5.74, 6) is -0.329. The smallest absolute Gasteiger partial charge is 0.408 e. The van der Waals surface area contributed by atoms with Crippen LogP contribution in [0.15, 0.2) is 51.7 Å². The van der Waals surface area contributed by atoms with E-state index < -0.39 is 0 Å². The Kier molecular flexibility index (Phi) is 4.08. The van der Waals surface area contributed by atoms with E-state index in [2.05, 4.69) is 28.7 Å². The number of halogens is 2. The van der Waals surface area contributed by atoms with Crippen LogP contribution in [0.3, 0.4) is 0 Å². The van der Waals surface area contributed by atoms with Gasteiger partial charge in [-0.2, -0.15) is 0 Å². The second-order valence-corrected chi connectivity index (χ2v) is 6.44. The van der Waals surface area contributed by atoms with E-state index in [1.807, 2.05) is 43.3 Å². The summed E-state index contributed by atoms with van der Waals surface area (Å²) in [7, 11) is 0. The molecule has 0 fully saturated rings. The number of fused-ring (bicyclic) bond motifs is 1. The lowest BCUT2D eigenvalue weighted by atomic mass is 10.0. The summed E-state index contributed by atoms with van der Waals surface area (Å²) in [4.78, 5) is 11.7. The van der Waals surface area contributed by atoms with Crippen LogP contribution in [0.5, 0.6) is 0 Å². The van der Waals surface area contributed by atoms with Crippen molar-refractivity contribution in [2.45, 2.75) is 18.8 Å². The summed E-state index contributed by atoms with van der Waals surface area (Å²) < 4.78 is 8.03. The zero-order chi connectivity index (χ0) is 15.0. The Labute approximate surface area is 140 Å². The largest absolute Gasteiger partial charge is 0.419 e. The van der Waals surface area contributed by atoms with Gasteiger partial charge in [-0.25, -0.2) is 4.79 Å². The molecule has 0 spiro atoms. The van der Waals surface area contributed by atoms with Gasteiger partial charge in [0.1, 0.15) is 0 Å². The van der Waals surface area contributed by atoms with Crippen LogP contribution in [-0.2, 0) is 6.54 Å². The highest BCUT2D eigenvalue weighted by molar-refractivity contribution is 14.1. The van der Waals surface area contributed by atoms with Crippen LogP contribution >= 0.6 is 34.2 Å². The number of rotatable bonds is 3. The number of oxazole rings is 1. The van der Waals surface area contributed by atoms with Gasteiger partial charge in [-0.05, 0) is 64.9 Å². The molecule has 1 aromatic heterocycles. The Hall–Kier alpha value is -1.27. The first-order chi connectivity index (χ1) is 10.1. The van der Waals surface area contributed by atoms with Gasteiger partial charge in [0.15, 0.2) is 5.58 Å². The van der Waals surface area contributed by atoms with Crippen molar-refractivity contribution >= 4 is 45.3 Å². The van der Waals surface area contributed by atoms with Crippen LogP contribution in [0.1, 0.15) is 23.4 Å². The molecule has 108 valence electrons. The minimum atomic E-state index is -0.329. The van der Waals surface area contributed by atoms with E-state index in [1.165, 1.54) is 0 Å². The second kappa shape index (κ2) is 5.85. The van der Waals surface area contributed by atoms with E-state index >= 15 is 0 Å². The molecule has 1 unspecified atom stereocenters. The molecule has 0 aliphatic carbocycles. The molecule has 3 nitrogen and oxygen atoms in total. The molecule has 0 aliphatic rings. The summed E-state index contributed by atoms with van der Waals surface area (Å²) in [6.45, 7) is 2.51. The predicted molar refractivity (Wildman–Crippen MR) is 93.0 cm³/mol. The zero-order valence-corrected chi connectivity index (χ0v) is 14.3. The Morgan fingerprint density at radius 3 is 2.71 bits per heavy atom. The maximum atomic E-state index is 11.7. The molecule has 0 bridgehead atoms. The van der Waals surface area contributed by atoms with Crippen LogP contribution in [0.2, 0.25) is 0 Å². The number of benzene rings is 2. The van der Waals surface area contributed by atoms with Crippen molar-refractivity contribution in [1.29, 1.82) is 0 Å². The Bertz CT molecular complexity index is 853. The van der Waals surface area contributed by atoms with Gasteiger partial charge in [0, 0.05) is 10.1 Å². The average Bonchev–Trinajstić information content (AvgIpc) is 2.80. The van der Waals surface area contributed by atoms with Gasteiger partial charge >= 0.3 is 5.76 Å². The Morgan fingerprint density at radius 2 is 2.00 bits per heavy atom. The normalized spacial score (nSPS) is 12.7. The Balaban J connectivity index is 2.07. The molecule has 0 aliphatic heterocycles. The number of alkyl halides is 1. The van der Waals surface area contributed by atoms with Gasteiger partial charge in [0.25, 0.3) is 0 Å². The second-order valence-electron chi connectivity index (χ2n) is 4.76. The molecule has 1 heterocycles. The molecule has 1 atom stereocenters. The average molecular weight is 414 g/mol. The van der Waals surface area contributed by atoms with Crippen LogP contribution in [0, 0.1) is 3.57 Å². The molecular weight excluding hydrogens is 401 g/mol. The number of aryl methyl sites for hydroxylation is 1. The van der Waals surface area contributed by atoms with Gasteiger partial charge in [-0.3, -0.25) is 4.57 Å². The van der Waals surface area contributed by atoms with Crippen molar-refractivity contribution in [3.05, 3.63) is 67.7 Å². The molecule has 2 aromatic carbocycles. The first-order valence-corrected chi connectivity index (χ1v) is 8.14. The quantitative estimate of drug-likeness (QED) is 0.466. The monoisotopic (exact) mass is 413 g/mol. The zero-order valence-electron chi connectivity index (χ0n) is 11.3. The third-order valence-electron chi connectivity index (χ3n) is 3.44. The molecule has 0 amide bonds. The van der Waals surface area contributed by atoms with E-state index in [9.17, 15) is 4.79 Å². The number of hydrogen-bond donors (Lipinski definition) is 0. The van der Waals surface area contributed by atoms with Crippen LogP contribution < -0.4 is 5.76 Å². The minimum Gasteiger partial charge on any atom is -0.408 e. The van der Waals surface area contributed by atoms with E-state index in [0.29, 0.717) is 12.1 Å². The molecule has 0 radical (unpaired) electrons. The van der Waals surface area contributed by atoms with Crippen molar-refractivity contribution in [3.63, 3.8) is 0 Å². The fourth-order valence-electron chi connectivity index (χ4n) is 2.40. The van der Waals surface area contributed by atoms with Gasteiger partial charge < -0.3 is 4.42 Å². The SMILES string of the molecule is CCn1c(=O)oc2cc(C(Cl)c3cccc(I)c3)ccc21. The molecule has 3 rings (SSSR count). The van der Waals surface area contributed by atoms with Gasteiger partial charge in [0.05, 0.1) is 10.9 Å². The lowest BCUT2D eigenvalue weighted by Gasteiger charge is -2.10. The van der Waals surface area contributed by atoms with E-state index in [4.69, 9.17) is 16.0 Å². The number of hydrogen-bond acceptors (Lipinski definition) is 2. The van der Waals surface area contributed by atoms with E-state index in [1.54, 1.807) is 4.57 Å². The fraction of sp³-hybridized carbons (Fsp3) is 0.188. The summed E-state index contributed by atoms with van der Waals surface area (Å²) >= 11 is 8.82. The van der Waals surface area contributed by atoms with Crippen molar-refractivity contribution in [2.24, 2.45) is 0 Å². The lowest BCUT2D eigenvalue weighted by molar-refractivity contribution is 0.513. The van der Waals surface area contributed by atoms with Crippen LogP contribution in [0.4, 0.5) is 0 Å². The highest BCUT2D eigenvalue weighted by Crippen LogP contribution is 2.31. The third kappa shape index (κ3) is 2.74. The lowest BCUT2D eigenvalue weighted by Crippen LogP contribution is -2.11. The highest BCUT2D eigenvalue weighted by atomic mass is 127. The van der Waals surface area contributed by atoms with Crippen molar-refractivity contribution in [3.8, 4) is 0 Å². The van der Waals surface area contributed by atoms with Crippen molar-refractivity contribution < 1.29 is 4.42 Å². The maximum Gasteiger partial charge on any atom is 0.419 e. The molecule has 0 saturated heterocycles. The predicted octanol–water partition coefficient (Wildman–Crippen LogP) is 4.55. The third-order valence-corrected chi connectivity index (χ3v) is 4.62. The molecular formula is C16H13ClINO2. The van der Waals surface area contributed by atoms with Crippen LogP contribution in [-0.4, -0.2) is 4.57 Å². The Morgan fingerprint density at radius 1 is 1.24 bits per heavy atom. The molecule has 0 N–H and O–H groups in total. The van der Waals surface area contributed by atoms with E-state index in [0.717, 1.165) is 20.2 Å². The first kappa shape index (κ1) is 14.7. The minimum absolute atomic E-state index is 0.264. The summed E-state index contributed by atoms with van der Waals surface area (Å²) in [6.07, 6.45) is 0. The molecule has 3 aromatic rings. The van der Waals surface area contributed by atoms with Crippen molar-refractivity contribution in [1.82, 2.24) is 4.57 Å².